The van der Waals surface area contributed by atoms with Crippen molar-refractivity contribution in [1.29, 1.82) is 0 Å². The summed E-state index contributed by atoms with van der Waals surface area (Å²) in [7, 11) is 0. The van der Waals surface area contributed by atoms with Crippen LogP contribution < -0.4 is 16.4 Å². The number of rotatable bonds is 7. The van der Waals surface area contributed by atoms with E-state index in [-0.39, 0.29) is 11.9 Å². The number of carbonyl (C=O) groups is 2. The molecule has 0 spiro atoms. The number of likely N-dealkylation sites (tertiary alicyclic amines) is 1. The summed E-state index contributed by atoms with van der Waals surface area (Å²) in [5, 5.41) is 6.64. The van der Waals surface area contributed by atoms with Gasteiger partial charge in [0.2, 0.25) is 11.9 Å². The van der Waals surface area contributed by atoms with Crippen LogP contribution >= 0.6 is 11.6 Å². The van der Waals surface area contributed by atoms with Crippen molar-refractivity contribution in [3.8, 4) is 0 Å². The van der Waals surface area contributed by atoms with Gasteiger partial charge < -0.3 is 16.0 Å². The van der Waals surface area contributed by atoms with Crippen molar-refractivity contribution in [3.63, 3.8) is 0 Å². The summed E-state index contributed by atoms with van der Waals surface area (Å²) in [5.74, 6) is -0.00917. The zero-order valence-electron chi connectivity index (χ0n) is 19.4. The molecule has 2 aromatic carbocycles. The number of aromatic amines is 1. The zero-order chi connectivity index (χ0) is 25.1. The highest BCUT2D eigenvalue weighted by molar-refractivity contribution is 6.30. The van der Waals surface area contributed by atoms with Gasteiger partial charge in [-0.05, 0) is 42.7 Å². The van der Waals surface area contributed by atoms with Crippen LogP contribution in [0.3, 0.4) is 0 Å². The number of hydrogen-bond acceptors (Lipinski definition) is 7. The summed E-state index contributed by atoms with van der Waals surface area (Å²) in [5.41, 5.74) is 8.40. The van der Waals surface area contributed by atoms with Crippen molar-refractivity contribution in [2.45, 2.75) is 25.4 Å². The van der Waals surface area contributed by atoms with Gasteiger partial charge in [0, 0.05) is 31.2 Å². The molecule has 10 nitrogen and oxygen atoms in total. The molecule has 4 aromatic rings. The standard InChI is InChI=1S/C25H25ClN8O2/c26-17-12-28-24(29-13-17)30-18-8-10-34(11-9-18)14-15-4-6-16(7-5-15)23(36)33-25-31-20-3-1-2-19(22(27)35)21(20)32-25/h1-7,12-13,18H,8-11,14H2,(H2,27,35)(H,28,29,30)(H2,31,32,33,36). The summed E-state index contributed by atoms with van der Waals surface area (Å²) < 4.78 is 0. The molecule has 3 heterocycles. The van der Waals surface area contributed by atoms with Crippen LogP contribution in [0.2, 0.25) is 5.02 Å². The van der Waals surface area contributed by atoms with E-state index < -0.39 is 5.91 Å². The van der Waals surface area contributed by atoms with Crippen molar-refractivity contribution < 1.29 is 9.59 Å². The van der Waals surface area contributed by atoms with Crippen LogP contribution in [0.4, 0.5) is 11.9 Å². The summed E-state index contributed by atoms with van der Waals surface area (Å²) in [6.45, 7) is 2.71. The Morgan fingerprint density at radius 2 is 1.81 bits per heavy atom. The fourth-order valence-electron chi connectivity index (χ4n) is 4.29. The predicted octanol–water partition coefficient (Wildman–Crippen LogP) is 3.43. The number of nitrogens with one attached hydrogen (secondary N) is 3. The minimum absolute atomic E-state index is 0.258. The Hall–Kier alpha value is -4.02. The molecule has 0 saturated carbocycles. The number of aromatic nitrogens is 4. The van der Waals surface area contributed by atoms with Crippen LogP contribution in [0, 0.1) is 0 Å². The number of hydrogen-bond donors (Lipinski definition) is 4. The van der Waals surface area contributed by atoms with E-state index >= 15 is 0 Å². The average molecular weight is 505 g/mol. The molecule has 0 aliphatic carbocycles. The van der Waals surface area contributed by atoms with Crippen LogP contribution in [0.5, 0.6) is 0 Å². The number of nitrogens with zero attached hydrogens (tertiary/aromatic N) is 4. The van der Waals surface area contributed by atoms with Gasteiger partial charge in [0.25, 0.3) is 11.8 Å². The second-order valence-electron chi connectivity index (χ2n) is 8.72. The summed E-state index contributed by atoms with van der Waals surface area (Å²) in [6.07, 6.45) is 5.15. The highest BCUT2D eigenvalue weighted by Crippen LogP contribution is 2.20. The zero-order valence-corrected chi connectivity index (χ0v) is 20.1. The van der Waals surface area contributed by atoms with E-state index in [1.54, 1.807) is 42.7 Å². The monoisotopic (exact) mass is 504 g/mol. The number of benzene rings is 2. The highest BCUT2D eigenvalue weighted by atomic mass is 35.5. The first-order valence-corrected chi connectivity index (χ1v) is 12.0. The van der Waals surface area contributed by atoms with Crippen LogP contribution in [-0.2, 0) is 6.54 Å². The molecule has 11 heteroatoms. The minimum atomic E-state index is -0.573. The highest BCUT2D eigenvalue weighted by Gasteiger charge is 2.20. The van der Waals surface area contributed by atoms with E-state index in [0.717, 1.165) is 38.0 Å². The van der Waals surface area contributed by atoms with E-state index in [1.165, 1.54) is 0 Å². The summed E-state index contributed by atoms with van der Waals surface area (Å²) in [4.78, 5) is 42.4. The number of primary amides is 1. The van der Waals surface area contributed by atoms with Gasteiger partial charge in [0.1, 0.15) is 5.52 Å². The summed E-state index contributed by atoms with van der Waals surface area (Å²) >= 11 is 5.84. The number of para-hydroxylation sites is 1. The fraction of sp³-hybridized carbons (Fsp3) is 0.240. The quantitative estimate of drug-likeness (QED) is 0.302. The molecule has 0 bridgehead atoms. The Kier molecular flexibility index (Phi) is 6.79. The van der Waals surface area contributed by atoms with Gasteiger partial charge in [-0.2, -0.15) is 0 Å². The van der Waals surface area contributed by atoms with Crippen LogP contribution in [0.25, 0.3) is 11.0 Å². The topological polar surface area (TPSA) is 142 Å². The molecule has 2 aromatic heterocycles. The van der Waals surface area contributed by atoms with E-state index in [9.17, 15) is 9.59 Å². The molecular formula is C25H25ClN8O2. The van der Waals surface area contributed by atoms with Crippen molar-refractivity contribution in [2.24, 2.45) is 5.73 Å². The van der Waals surface area contributed by atoms with Crippen LogP contribution in [-0.4, -0.2) is 55.8 Å². The number of nitrogens with two attached hydrogens (primary N) is 1. The maximum absolute atomic E-state index is 12.7. The molecule has 1 aliphatic heterocycles. The number of carbonyl (C=O) groups excluding carboxylic acids is 2. The van der Waals surface area contributed by atoms with Gasteiger partial charge in [0.05, 0.1) is 28.5 Å². The third-order valence-corrected chi connectivity index (χ3v) is 6.37. The van der Waals surface area contributed by atoms with E-state index in [1.807, 2.05) is 12.1 Å². The van der Waals surface area contributed by atoms with Crippen LogP contribution in [0.1, 0.15) is 39.1 Å². The number of amides is 2. The van der Waals surface area contributed by atoms with Gasteiger partial charge in [-0.15, -0.1) is 0 Å². The number of fused-ring (bicyclic) bond motifs is 1. The number of halogens is 1. The first-order chi connectivity index (χ1) is 17.4. The SMILES string of the molecule is NC(=O)c1cccc2[nH]c(NC(=O)c3ccc(CN4CCC(Nc5ncc(Cl)cn5)CC4)cc3)nc12. The van der Waals surface area contributed by atoms with Gasteiger partial charge >= 0.3 is 0 Å². The Bertz CT molecular complexity index is 1380. The minimum Gasteiger partial charge on any atom is -0.366 e. The van der Waals surface area contributed by atoms with Crippen molar-refractivity contribution >= 4 is 46.3 Å². The smallest absolute Gasteiger partial charge is 0.257 e. The van der Waals surface area contributed by atoms with Gasteiger partial charge in [-0.25, -0.2) is 15.0 Å². The number of imidazole rings is 1. The van der Waals surface area contributed by atoms with E-state index in [2.05, 4.69) is 35.5 Å². The third kappa shape index (κ3) is 5.45. The average Bonchev–Trinajstić information content (AvgIpc) is 3.29. The molecule has 0 unspecified atom stereocenters. The first-order valence-electron chi connectivity index (χ1n) is 11.6. The largest absolute Gasteiger partial charge is 0.366 e. The number of H-pyrrole nitrogens is 1. The lowest BCUT2D eigenvalue weighted by molar-refractivity contribution is 0.0999. The normalized spacial score (nSPS) is 14.6. The van der Waals surface area contributed by atoms with Crippen molar-refractivity contribution in [1.82, 2.24) is 24.8 Å². The number of anilines is 2. The third-order valence-electron chi connectivity index (χ3n) is 6.17. The molecule has 0 radical (unpaired) electrons. The molecule has 1 fully saturated rings. The Morgan fingerprint density at radius 3 is 2.50 bits per heavy atom. The molecule has 5 rings (SSSR count). The second kappa shape index (κ2) is 10.3. The molecule has 5 N–H and O–H groups in total. The fourth-order valence-corrected chi connectivity index (χ4v) is 4.39. The van der Waals surface area contributed by atoms with Gasteiger partial charge in [-0.1, -0.05) is 29.8 Å². The Morgan fingerprint density at radius 1 is 1.08 bits per heavy atom. The summed E-state index contributed by atoms with van der Waals surface area (Å²) in [6, 6.07) is 12.9. The molecule has 36 heavy (non-hydrogen) atoms. The maximum Gasteiger partial charge on any atom is 0.257 e. The lowest BCUT2D eigenvalue weighted by Crippen LogP contribution is -2.38. The molecule has 184 valence electrons. The molecule has 1 saturated heterocycles. The van der Waals surface area contributed by atoms with Gasteiger partial charge in [-0.3, -0.25) is 19.8 Å². The van der Waals surface area contributed by atoms with Crippen LogP contribution in [0.15, 0.2) is 54.9 Å². The molecular weight excluding hydrogens is 480 g/mol. The second-order valence-corrected chi connectivity index (χ2v) is 9.16. The molecule has 0 atom stereocenters. The first kappa shape index (κ1) is 23.7. The van der Waals surface area contributed by atoms with E-state index in [4.69, 9.17) is 17.3 Å². The Labute approximate surface area is 212 Å². The lowest BCUT2D eigenvalue weighted by atomic mass is 10.0. The van der Waals surface area contributed by atoms with E-state index in [0.29, 0.717) is 39.2 Å². The predicted molar refractivity (Wildman–Crippen MR) is 138 cm³/mol. The molecule has 2 amide bonds. The Balaban J connectivity index is 1.14. The van der Waals surface area contributed by atoms with Crippen molar-refractivity contribution in [3.05, 3.63) is 76.6 Å². The number of piperidine rings is 1. The van der Waals surface area contributed by atoms with Crippen molar-refractivity contribution in [2.75, 3.05) is 23.7 Å². The van der Waals surface area contributed by atoms with Gasteiger partial charge in [0.15, 0.2) is 0 Å². The maximum atomic E-state index is 12.7. The molecule has 1 aliphatic rings. The lowest BCUT2D eigenvalue weighted by Gasteiger charge is -2.32.